The summed E-state index contributed by atoms with van der Waals surface area (Å²) in [7, 11) is 0. The number of hydrogen-bond donors (Lipinski definition) is 1. The zero-order valence-electron chi connectivity index (χ0n) is 9.58. The number of halogens is 3. The summed E-state index contributed by atoms with van der Waals surface area (Å²) < 4.78 is 41.4. The first-order valence-electron chi connectivity index (χ1n) is 5.22. The van der Waals surface area contributed by atoms with Gasteiger partial charge in [-0.25, -0.2) is 0 Å². The van der Waals surface area contributed by atoms with E-state index in [2.05, 4.69) is 20.0 Å². The van der Waals surface area contributed by atoms with Gasteiger partial charge in [-0.15, -0.1) is 0 Å². The third-order valence-corrected chi connectivity index (χ3v) is 1.93. The van der Waals surface area contributed by atoms with Gasteiger partial charge in [0, 0.05) is 6.54 Å². The minimum atomic E-state index is -4.41. The Bertz CT molecular complexity index is 357. The van der Waals surface area contributed by atoms with Crippen molar-refractivity contribution in [2.24, 2.45) is 0 Å². The Morgan fingerprint density at radius 1 is 1.41 bits per heavy atom. The van der Waals surface area contributed by atoms with Crippen molar-refractivity contribution in [2.75, 3.05) is 11.9 Å². The van der Waals surface area contributed by atoms with E-state index in [1.807, 2.05) is 6.92 Å². The Kier molecular flexibility index (Phi) is 4.53. The van der Waals surface area contributed by atoms with Crippen molar-refractivity contribution in [2.45, 2.75) is 32.5 Å². The molecule has 0 saturated carbocycles. The molecule has 7 heteroatoms. The molecule has 1 rings (SSSR count). The second-order valence-corrected chi connectivity index (χ2v) is 3.47. The summed E-state index contributed by atoms with van der Waals surface area (Å²) in [4.78, 5) is 7.62. The molecule has 1 atom stereocenters. The van der Waals surface area contributed by atoms with E-state index in [9.17, 15) is 13.2 Å². The fourth-order valence-electron chi connectivity index (χ4n) is 0.991. The van der Waals surface area contributed by atoms with Crippen LogP contribution in [0, 0.1) is 0 Å². The lowest BCUT2D eigenvalue weighted by Crippen LogP contribution is -2.31. The van der Waals surface area contributed by atoms with Crippen LogP contribution in [0.3, 0.4) is 0 Å². The summed E-state index contributed by atoms with van der Waals surface area (Å²) in [5, 5.41) is 2.91. The van der Waals surface area contributed by atoms with Crippen LogP contribution in [0.4, 0.5) is 19.0 Å². The van der Waals surface area contributed by atoms with Gasteiger partial charge in [-0.05, 0) is 13.3 Å². The monoisotopic (exact) mass is 249 g/mol. The van der Waals surface area contributed by atoms with E-state index in [-0.39, 0.29) is 5.88 Å². The maximum atomic E-state index is 12.2. The Morgan fingerprint density at radius 2 is 2.12 bits per heavy atom. The van der Waals surface area contributed by atoms with Gasteiger partial charge < -0.3 is 10.1 Å². The Labute approximate surface area is 97.2 Å². The standard InChI is InChI=1S/C10H14F3N3O/c1-3-4-15-8-5-14-6-9(16-8)17-7(2)10(11,12)13/h5-7H,3-4H2,1-2H3,(H,15,16). The average Bonchev–Trinajstić information content (AvgIpc) is 2.25. The van der Waals surface area contributed by atoms with Crippen LogP contribution in [0.5, 0.6) is 5.88 Å². The van der Waals surface area contributed by atoms with Crippen molar-refractivity contribution in [1.82, 2.24) is 9.97 Å². The first-order chi connectivity index (χ1) is 7.93. The van der Waals surface area contributed by atoms with Gasteiger partial charge in [0.2, 0.25) is 5.88 Å². The van der Waals surface area contributed by atoms with Crippen molar-refractivity contribution in [3.05, 3.63) is 12.4 Å². The molecular formula is C10H14F3N3O. The van der Waals surface area contributed by atoms with E-state index in [0.717, 1.165) is 19.5 Å². The van der Waals surface area contributed by atoms with Crippen molar-refractivity contribution < 1.29 is 17.9 Å². The number of hydrogen-bond acceptors (Lipinski definition) is 4. The van der Waals surface area contributed by atoms with Crippen molar-refractivity contribution in [3.8, 4) is 5.88 Å². The van der Waals surface area contributed by atoms with E-state index in [0.29, 0.717) is 12.4 Å². The lowest BCUT2D eigenvalue weighted by Gasteiger charge is -2.16. The van der Waals surface area contributed by atoms with E-state index >= 15 is 0 Å². The molecule has 0 bridgehead atoms. The molecule has 1 aromatic rings. The highest BCUT2D eigenvalue weighted by Gasteiger charge is 2.38. The molecule has 0 aromatic carbocycles. The molecule has 0 aliphatic heterocycles. The van der Waals surface area contributed by atoms with Gasteiger partial charge in [-0.1, -0.05) is 6.92 Å². The normalized spacial score (nSPS) is 13.2. The van der Waals surface area contributed by atoms with Crippen molar-refractivity contribution in [1.29, 1.82) is 0 Å². The molecule has 1 aromatic heterocycles. The average molecular weight is 249 g/mol. The SMILES string of the molecule is CCCNc1cncc(OC(C)C(F)(F)F)n1. The van der Waals surface area contributed by atoms with Crippen molar-refractivity contribution in [3.63, 3.8) is 0 Å². The first-order valence-corrected chi connectivity index (χ1v) is 5.22. The molecule has 1 heterocycles. The van der Waals surface area contributed by atoms with Crippen LogP contribution in [-0.4, -0.2) is 28.8 Å². The van der Waals surface area contributed by atoms with Gasteiger partial charge in [0.25, 0.3) is 0 Å². The molecular weight excluding hydrogens is 235 g/mol. The van der Waals surface area contributed by atoms with Crippen LogP contribution in [0.1, 0.15) is 20.3 Å². The number of anilines is 1. The Hall–Kier alpha value is -1.53. The van der Waals surface area contributed by atoms with Crippen LogP contribution in [0.25, 0.3) is 0 Å². The van der Waals surface area contributed by atoms with Crippen LogP contribution in [-0.2, 0) is 0 Å². The minimum absolute atomic E-state index is 0.143. The van der Waals surface area contributed by atoms with E-state index in [4.69, 9.17) is 0 Å². The number of nitrogens with zero attached hydrogens (tertiary/aromatic N) is 2. The van der Waals surface area contributed by atoms with Gasteiger partial charge >= 0.3 is 6.18 Å². The van der Waals surface area contributed by atoms with Gasteiger partial charge in [-0.2, -0.15) is 18.2 Å². The molecule has 0 fully saturated rings. The second kappa shape index (κ2) is 5.70. The minimum Gasteiger partial charge on any atom is -0.464 e. The zero-order chi connectivity index (χ0) is 12.9. The molecule has 0 aliphatic rings. The molecule has 0 radical (unpaired) electrons. The summed E-state index contributed by atoms with van der Waals surface area (Å²) in [6.45, 7) is 3.56. The summed E-state index contributed by atoms with van der Waals surface area (Å²) in [5.74, 6) is 0.259. The molecule has 0 amide bonds. The number of alkyl halides is 3. The fourth-order valence-corrected chi connectivity index (χ4v) is 0.991. The highest BCUT2D eigenvalue weighted by molar-refractivity contribution is 5.33. The molecule has 0 spiro atoms. The van der Waals surface area contributed by atoms with E-state index in [1.165, 1.54) is 6.20 Å². The molecule has 1 unspecified atom stereocenters. The number of ether oxygens (including phenoxy) is 1. The summed E-state index contributed by atoms with van der Waals surface area (Å²) in [6, 6.07) is 0. The predicted octanol–water partition coefficient (Wildman–Crippen LogP) is 2.63. The maximum absolute atomic E-state index is 12.2. The summed E-state index contributed by atoms with van der Waals surface area (Å²) in [5.41, 5.74) is 0. The Morgan fingerprint density at radius 3 is 2.71 bits per heavy atom. The van der Waals surface area contributed by atoms with Crippen molar-refractivity contribution >= 4 is 5.82 Å². The van der Waals surface area contributed by atoms with E-state index in [1.54, 1.807) is 0 Å². The van der Waals surface area contributed by atoms with Crippen LogP contribution in [0.15, 0.2) is 12.4 Å². The third-order valence-electron chi connectivity index (χ3n) is 1.93. The van der Waals surface area contributed by atoms with E-state index < -0.39 is 12.3 Å². The van der Waals surface area contributed by atoms with Gasteiger partial charge in [0.05, 0.1) is 12.4 Å². The quantitative estimate of drug-likeness (QED) is 0.871. The molecule has 0 aliphatic carbocycles. The Balaban J connectivity index is 2.65. The fraction of sp³-hybridized carbons (Fsp3) is 0.600. The largest absolute Gasteiger partial charge is 0.464 e. The zero-order valence-corrected chi connectivity index (χ0v) is 9.58. The summed E-state index contributed by atoms with van der Waals surface area (Å²) >= 11 is 0. The van der Waals surface area contributed by atoms with Gasteiger partial charge in [-0.3, -0.25) is 4.98 Å². The maximum Gasteiger partial charge on any atom is 0.425 e. The molecule has 1 N–H and O–H groups in total. The highest BCUT2D eigenvalue weighted by atomic mass is 19.4. The topological polar surface area (TPSA) is 47.0 Å². The number of nitrogens with one attached hydrogen (secondary N) is 1. The smallest absolute Gasteiger partial charge is 0.425 e. The predicted molar refractivity (Wildman–Crippen MR) is 57.0 cm³/mol. The van der Waals surface area contributed by atoms with Gasteiger partial charge in [0.15, 0.2) is 6.10 Å². The van der Waals surface area contributed by atoms with Crippen LogP contribution in [0.2, 0.25) is 0 Å². The molecule has 4 nitrogen and oxygen atoms in total. The third kappa shape index (κ3) is 4.46. The molecule has 0 saturated heterocycles. The number of aromatic nitrogens is 2. The first kappa shape index (κ1) is 13.5. The molecule has 17 heavy (non-hydrogen) atoms. The lowest BCUT2D eigenvalue weighted by atomic mass is 10.4. The summed E-state index contributed by atoms with van der Waals surface area (Å²) in [6.07, 6.45) is -2.85. The number of rotatable bonds is 5. The molecule has 96 valence electrons. The van der Waals surface area contributed by atoms with Crippen LogP contribution < -0.4 is 10.1 Å². The second-order valence-electron chi connectivity index (χ2n) is 3.47. The lowest BCUT2D eigenvalue weighted by molar-refractivity contribution is -0.190. The highest BCUT2D eigenvalue weighted by Crippen LogP contribution is 2.23. The van der Waals surface area contributed by atoms with Gasteiger partial charge in [0.1, 0.15) is 5.82 Å². The van der Waals surface area contributed by atoms with Crippen LogP contribution >= 0.6 is 0 Å².